The average Bonchev–Trinajstić information content (AvgIpc) is 2.91. The third-order valence-electron chi connectivity index (χ3n) is 3.20. The molecule has 1 unspecified atom stereocenters. The molecule has 8 heteroatoms. The maximum atomic E-state index is 13.2. The van der Waals surface area contributed by atoms with Crippen molar-refractivity contribution < 1.29 is 27.4 Å². The van der Waals surface area contributed by atoms with E-state index in [1.54, 1.807) is 13.8 Å². The average molecular weight is 330 g/mol. The summed E-state index contributed by atoms with van der Waals surface area (Å²) in [6.07, 6.45) is -5.24. The number of carbonyl (C=O) groups excluding carboxylic acids is 1. The van der Waals surface area contributed by atoms with Crippen LogP contribution in [-0.4, -0.2) is 31.1 Å². The third-order valence-corrected chi connectivity index (χ3v) is 3.20. The van der Waals surface area contributed by atoms with Crippen LogP contribution in [0.25, 0.3) is 0 Å². The van der Waals surface area contributed by atoms with E-state index in [1.807, 2.05) is 0 Å². The second-order valence-electron chi connectivity index (χ2n) is 4.74. The predicted molar refractivity (Wildman–Crippen MR) is 78.0 cm³/mol. The molecule has 1 aromatic rings. The minimum absolute atomic E-state index is 0.0438. The van der Waals surface area contributed by atoms with Crippen molar-refractivity contribution in [2.24, 2.45) is 5.10 Å². The monoisotopic (exact) mass is 330 g/mol. The van der Waals surface area contributed by atoms with Crippen molar-refractivity contribution >= 4 is 17.4 Å². The van der Waals surface area contributed by atoms with E-state index in [0.29, 0.717) is 0 Å². The second-order valence-corrected chi connectivity index (χ2v) is 4.74. The van der Waals surface area contributed by atoms with E-state index in [-0.39, 0.29) is 31.0 Å². The molecule has 0 N–H and O–H groups in total. The van der Waals surface area contributed by atoms with Crippen LogP contribution in [0.2, 0.25) is 0 Å². The summed E-state index contributed by atoms with van der Waals surface area (Å²) in [6, 6.07) is 5.04. The SMILES string of the molecule is CCOC(=O)C1=NN(c2ccccc2C(F)(F)F)C(OCC)C1. The molecule has 1 aromatic carbocycles. The maximum absolute atomic E-state index is 13.2. The van der Waals surface area contributed by atoms with Crippen LogP contribution in [-0.2, 0) is 20.4 Å². The normalized spacial score (nSPS) is 18.0. The highest BCUT2D eigenvalue weighted by Gasteiger charge is 2.39. The fourth-order valence-electron chi connectivity index (χ4n) is 2.27. The van der Waals surface area contributed by atoms with Gasteiger partial charge in [0.1, 0.15) is 0 Å². The summed E-state index contributed by atoms with van der Waals surface area (Å²) >= 11 is 0. The number of para-hydroxylation sites is 1. The van der Waals surface area contributed by atoms with Gasteiger partial charge in [0.05, 0.1) is 17.9 Å². The Morgan fingerprint density at radius 2 is 2.00 bits per heavy atom. The molecule has 23 heavy (non-hydrogen) atoms. The maximum Gasteiger partial charge on any atom is 0.418 e. The molecule has 126 valence electrons. The molecule has 1 aliphatic rings. The minimum atomic E-state index is -4.53. The molecule has 5 nitrogen and oxygen atoms in total. The molecule has 0 radical (unpaired) electrons. The van der Waals surface area contributed by atoms with Crippen molar-refractivity contribution in [3.63, 3.8) is 0 Å². The van der Waals surface area contributed by atoms with E-state index < -0.39 is 23.9 Å². The molecule has 0 aliphatic carbocycles. The smallest absolute Gasteiger partial charge is 0.418 e. The van der Waals surface area contributed by atoms with Crippen LogP contribution in [0.3, 0.4) is 0 Å². The van der Waals surface area contributed by atoms with Gasteiger partial charge in [-0.1, -0.05) is 12.1 Å². The van der Waals surface area contributed by atoms with E-state index in [0.717, 1.165) is 11.1 Å². The first kappa shape index (κ1) is 17.3. The van der Waals surface area contributed by atoms with Gasteiger partial charge in [-0.25, -0.2) is 9.80 Å². The zero-order valence-corrected chi connectivity index (χ0v) is 12.8. The van der Waals surface area contributed by atoms with Gasteiger partial charge in [-0.3, -0.25) is 0 Å². The number of ether oxygens (including phenoxy) is 2. The van der Waals surface area contributed by atoms with Gasteiger partial charge in [-0.2, -0.15) is 18.3 Å². The molecule has 0 amide bonds. The molecule has 1 atom stereocenters. The number of hydrogen-bond acceptors (Lipinski definition) is 5. The van der Waals surface area contributed by atoms with E-state index in [4.69, 9.17) is 9.47 Å². The number of benzene rings is 1. The molecular weight excluding hydrogens is 313 g/mol. The van der Waals surface area contributed by atoms with Crippen LogP contribution >= 0.6 is 0 Å². The van der Waals surface area contributed by atoms with Crippen molar-refractivity contribution in [1.82, 2.24) is 0 Å². The number of carbonyl (C=O) groups is 1. The minimum Gasteiger partial charge on any atom is -0.461 e. The molecule has 0 saturated heterocycles. The van der Waals surface area contributed by atoms with Gasteiger partial charge in [-0.15, -0.1) is 0 Å². The molecule has 0 spiro atoms. The Hall–Kier alpha value is -2.09. The van der Waals surface area contributed by atoms with Gasteiger partial charge in [0, 0.05) is 13.0 Å². The largest absolute Gasteiger partial charge is 0.461 e. The fraction of sp³-hybridized carbons (Fsp3) is 0.467. The van der Waals surface area contributed by atoms with E-state index >= 15 is 0 Å². The third kappa shape index (κ3) is 3.82. The summed E-state index contributed by atoms with van der Waals surface area (Å²) in [5, 5.41) is 5.10. The summed E-state index contributed by atoms with van der Waals surface area (Å²) in [6.45, 7) is 3.80. The molecular formula is C15H17F3N2O3. The Morgan fingerprint density at radius 1 is 1.30 bits per heavy atom. The first-order valence-electron chi connectivity index (χ1n) is 7.20. The number of nitrogens with zero attached hydrogens (tertiary/aromatic N) is 2. The molecule has 0 bridgehead atoms. The standard InChI is InChI=1S/C15H17F3N2O3/c1-3-22-13-9-11(14(21)23-4-2)19-20(13)12-8-6-5-7-10(12)15(16,17)18/h5-8,13H,3-4,9H2,1-2H3. The number of anilines is 1. The quantitative estimate of drug-likeness (QED) is 0.778. The Labute approximate surface area is 131 Å². The highest BCUT2D eigenvalue weighted by atomic mass is 19.4. The molecule has 0 saturated carbocycles. The summed E-state index contributed by atoms with van der Waals surface area (Å²) in [5.41, 5.74) is -0.946. The van der Waals surface area contributed by atoms with Crippen molar-refractivity contribution in [2.75, 3.05) is 18.2 Å². The number of rotatable bonds is 5. The van der Waals surface area contributed by atoms with Crippen molar-refractivity contribution in [2.45, 2.75) is 32.7 Å². The van der Waals surface area contributed by atoms with Crippen LogP contribution in [0.1, 0.15) is 25.8 Å². The number of hydrazone groups is 1. The van der Waals surface area contributed by atoms with Gasteiger partial charge in [0.2, 0.25) is 0 Å². The first-order valence-corrected chi connectivity index (χ1v) is 7.20. The Balaban J connectivity index is 2.40. The van der Waals surface area contributed by atoms with E-state index in [2.05, 4.69) is 5.10 Å². The molecule has 1 aliphatic heterocycles. The summed E-state index contributed by atoms with van der Waals surface area (Å²) in [5.74, 6) is -0.649. The van der Waals surface area contributed by atoms with Gasteiger partial charge in [-0.05, 0) is 26.0 Å². The van der Waals surface area contributed by atoms with Gasteiger partial charge >= 0.3 is 12.1 Å². The van der Waals surface area contributed by atoms with Gasteiger partial charge < -0.3 is 9.47 Å². The highest BCUT2D eigenvalue weighted by molar-refractivity contribution is 6.37. The zero-order chi connectivity index (χ0) is 17.0. The van der Waals surface area contributed by atoms with E-state index in [1.165, 1.54) is 18.2 Å². The second kappa shape index (κ2) is 6.99. The van der Waals surface area contributed by atoms with Crippen molar-refractivity contribution in [1.29, 1.82) is 0 Å². The van der Waals surface area contributed by atoms with Crippen LogP contribution < -0.4 is 5.01 Å². The number of halogens is 3. The first-order chi connectivity index (χ1) is 10.9. The van der Waals surface area contributed by atoms with Crippen molar-refractivity contribution in [3.05, 3.63) is 29.8 Å². The molecule has 0 aromatic heterocycles. The summed E-state index contributed by atoms with van der Waals surface area (Å²) in [4.78, 5) is 11.8. The zero-order valence-electron chi connectivity index (χ0n) is 12.8. The van der Waals surface area contributed by atoms with Gasteiger partial charge in [0.25, 0.3) is 0 Å². The lowest BCUT2D eigenvalue weighted by Crippen LogP contribution is -2.31. The lowest BCUT2D eigenvalue weighted by molar-refractivity contribution is -0.137. The highest BCUT2D eigenvalue weighted by Crippen LogP contribution is 2.38. The lowest BCUT2D eigenvalue weighted by Gasteiger charge is -2.25. The van der Waals surface area contributed by atoms with Crippen LogP contribution in [0.5, 0.6) is 0 Å². The topological polar surface area (TPSA) is 51.1 Å². The predicted octanol–water partition coefficient (Wildman–Crippen LogP) is 3.20. The number of hydrogen-bond donors (Lipinski definition) is 0. The van der Waals surface area contributed by atoms with Gasteiger partial charge in [0.15, 0.2) is 11.9 Å². The molecule has 2 rings (SSSR count). The Kier molecular flexibility index (Phi) is 5.25. The number of alkyl halides is 3. The van der Waals surface area contributed by atoms with Crippen LogP contribution in [0.15, 0.2) is 29.4 Å². The van der Waals surface area contributed by atoms with Crippen LogP contribution in [0.4, 0.5) is 18.9 Å². The van der Waals surface area contributed by atoms with Crippen LogP contribution in [0, 0.1) is 0 Å². The van der Waals surface area contributed by atoms with E-state index in [9.17, 15) is 18.0 Å². The fourth-order valence-corrected chi connectivity index (χ4v) is 2.27. The molecule has 0 fully saturated rings. The Bertz CT molecular complexity index is 602. The number of esters is 1. The van der Waals surface area contributed by atoms with Crippen molar-refractivity contribution in [3.8, 4) is 0 Å². The lowest BCUT2D eigenvalue weighted by atomic mass is 10.1. The molecule has 1 heterocycles. The summed E-state index contributed by atoms with van der Waals surface area (Å²) in [7, 11) is 0. The Morgan fingerprint density at radius 3 is 2.61 bits per heavy atom. The summed E-state index contributed by atoms with van der Waals surface area (Å²) < 4.78 is 49.8.